The number of esters is 1. The van der Waals surface area contributed by atoms with E-state index in [1.54, 1.807) is 54.5 Å². The Hall–Kier alpha value is -4.08. The molecule has 0 aliphatic heterocycles. The Morgan fingerprint density at radius 3 is 2.02 bits per heavy atom. The number of benzene rings is 2. The number of ether oxygens (including phenoxy) is 2. The van der Waals surface area contributed by atoms with E-state index >= 15 is 0 Å². The van der Waals surface area contributed by atoms with Crippen molar-refractivity contribution in [3.8, 4) is 5.75 Å². The standard InChI is InChI=1S/C31H43N3O7/c1-19-17-22(15-16-24(19)35)25(34(9)27(37)20(2)32-29(39)41-31(6,7)8)26(36)33-23(28(38)40-30(3,4)5)18-21-13-11-10-12-14-21/h10-17,20,23,25,35H,18H2,1-9H3,(H,32,39)(H,33,36). The Labute approximate surface area is 242 Å². The summed E-state index contributed by atoms with van der Waals surface area (Å²) in [6.07, 6.45) is -0.613. The third-order valence-corrected chi connectivity index (χ3v) is 5.91. The summed E-state index contributed by atoms with van der Waals surface area (Å²) in [5.74, 6) is -1.80. The zero-order valence-corrected chi connectivity index (χ0v) is 25.4. The normalized spacial score (nSPS) is 13.8. The Bertz CT molecular complexity index is 1230. The molecule has 224 valence electrons. The van der Waals surface area contributed by atoms with Crippen molar-refractivity contribution in [2.24, 2.45) is 0 Å². The molecule has 0 aromatic heterocycles. The lowest BCUT2D eigenvalue weighted by Gasteiger charge is -2.32. The minimum atomic E-state index is -1.20. The summed E-state index contributed by atoms with van der Waals surface area (Å²) >= 11 is 0. The summed E-state index contributed by atoms with van der Waals surface area (Å²) in [6.45, 7) is 13.5. The van der Waals surface area contributed by atoms with Crippen LogP contribution in [0.2, 0.25) is 0 Å². The molecule has 0 bridgehead atoms. The van der Waals surface area contributed by atoms with Gasteiger partial charge in [-0.15, -0.1) is 0 Å². The van der Waals surface area contributed by atoms with Crippen LogP contribution in [-0.2, 0) is 30.3 Å². The predicted molar refractivity (Wildman–Crippen MR) is 155 cm³/mol. The number of nitrogens with zero attached hydrogens (tertiary/aromatic N) is 1. The molecule has 0 spiro atoms. The second-order valence-electron chi connectivity index (χ2n) is 12.0. The van der Waals surface area contributed by atoms with Crippen molar-refractivity contribution in [2.45, 2.75) is 91.1 Å². The zero-order chi connectivity index (χ0) is 31.1. The van der Waals surface area contributed by atoms with Crippen LogP contribution in [0.5, 0.6) is 5.75 Å². The maximum Gasteiger partial charge on any atom is 0.408 e. The molecule has 3 atom stereocenters. The van der Waals surface area contributed by atoms with Gasteiger partial charge < -0.3 is 30.1 Å². The van der Waals surface area contributed by atoms with Crippen LogP contribution in [0.15, 0.2) is 48.5 Å². The number of phenolic OH excluding ortho intramolecular Hbond substituents is 1. The molecular formula is C31H43N3O7. The number of carbonyl (C=O) groups excluding carboxylic acids is 4. The van der Waals surface area contributed by atoms with Gasteiger partial charge in [0.2, 0.25) is 11.8 Å². The Morgan fingerprint density at radius 1 is 0.902 bits per heavy atom. The van der Waals surface area contributed by atoms with E-state index in [1.165, 1.54) is 31.0 Å². The highest BCUT2D eigenvalue weighted by Gasteiger charge is 2.35. The van der Waals surface area contributed by atoms with Crippen molar-refractivity contribution in [1.29, 1.82) is 0 Å². The average Bonchev–Trinajstić information content (AvgIpc) is 2.83. The maximum absolute atomic E-state index is 13.9. The molecule has 2 rings (SSSR count). The van der Waals surface area contributed by atoms with E-state index in [1.807, 2.05) is 30.3 Å². The van der Waals surface area contributed by atoms with E-state index in [0.717, 1.165) is 5.56 Å². The van der Waals surface area contributed by atoms with Gasteiger partial charge in [-0.05, 0) is 84.2 Å². The summed E-state index contributed by atoms with van der Waals surface area (Å²) < 4.78 is 10.9. The molecule has 3 unspecified atom stereocenters. The van der Waals surface area contributed by atoms with E-state index in [2.05, 4.69) is 10.6 Å². The van der Waals surface area contributed by atoms with Gasteiger partial charge in [-0.2, -0.15) is 0 Å². The van der Waals surface area contributed by atoms with Crippen LogP contribution >= 0.6 is 0 Å². The number of hydrogen-bond acceptors (Lipinski definition) is 7. The van der Waals surface area contributed by atoms with Crippen molar-refractivity contribution < 1.29 is 33.8 Å². The van der Waals surface area contributed by atoms with Gasteiger partial charge in [-0.25, -0.2) is 9.59 Å². The lowest BCUT2D eigenvalue weighted by molar-refractivity contribution is -0.159. The number of aromatic hydroxyl groups is 1. The van der Waals surface area contributed by atoms with Gasteiger partial charge in [-0.3, -0.25) is 9.59 Å². The van der Waals surface area contributed by atoms with Gasteiger partial charge >= 0.3 is 12.1 Å². The SMILES string of the molecule is Cc1cc(C(C(=O)NC(Cc2ccccc2)C(=O)OC(C)(C)C)N(C)C(=O)C(C)NC(=O)OC(C)(C)C)ccc1O. The van der Waals surface area contributed by atoms with Crippen molar-refractivity contribution >= 4 is 23.9 Å². The van der Waals surface area contributed by atoms with E-state index in [4.69, 9.17) is 9.47 Å². The van der Waals surface area contributed by atoms with E-state index in [-0.39, 0.29) is 12.2 Å². The van der Waals surface area contributed by atoms with Gasteiger partial charge in [0.25, 0.3) is 0 Å². The fourth-order valence-corrected chi connectivity index (χ4v) is 4.05. The number of likely N-dealkylation sites (N-methyl/N-ethyl adjacent to an activating group) is 1. The Morgan fingerprint density at radius 2 is 1.49 bits per heavy atom. The van der Waals surface area contributed by atoms with Crippen LogP contribution in [0.3, 0.4) is 0 Å². The summed E-state index contributed by atoms with van der Waals surface area (Å²) in [7, 11) is 1.43. The second kappa shape index (κ2) is 13.5. The molecule has 0 heterocycles. The molecule has 0 saturated heterocycles. The third kappa shape index (κ3) is 10.4. The first-order valence-corrected chi connectivity index (χ1v) is 13.5. The van der Waals surface area contributed by atoms with E-state index in [0.29, 0.717) is 11.1 Å². The summed E-state index contributed by atoms with van der Waals surface area (Å²) in [4.78, 5) is 54.0. The number of nitrogens with one attached hydrogen (secondary N) is 2. The van der Waals surface area contributed by atoms with Crippen LogP contribution < -0.4 is 10.6 Å². The highest BCUT2D eigenvalue weighted by atomic mass is 16.6. The van der Waals surface area contributed by atoms with Gasteiger partial charge in [0.05, 0.1) is 0 Å². The average molecular weight is 570 g/mol. The first kappa shape index (κ1) is 33.1. The number of phenols is 1. The number of amides is 3. The molecular weight excluding hydrogens is 526 g/mol. The maximum atomic E-state index is 13.9. The molecule has 3 amide bonds. The molecule has 0 radical (unpaired) electrons. The number of carbonyl (C=O) groups is 4. The Kier molecular flexibility index (Phi) is 10.9. The smallest absolute Gasteiger partial charge is 0.408 e. The molecule has 2 aromatic carbocycles. The highest BCUT2D eigenvalue weighted by molar-refractivity contribution is 5.93. The molecule has 0 fully saturated rings. The van der Waals surface area contributed by atoms with Crippen LogP contribution in [-0.4, -0.2) is 64.2 Å². The lowest BCUT2D eigenvalue weighted by Crippen LogP contribution is -2.53. The number of aryl methyl sites for hydroxylation is 1. The molecule has 0 aliphatic rings. The molecule has 41 heavy (non-hydrogen) atoms. The van der Waals surface area contributed by atoms with E-state index in [9.17, 15) is 24.3 Å². The zero-order valence-electron chi connectivity index (χ0n) is 25.4. The fraction of sp³-hybridized carbons (Fsp3) is 0.484. The molecule has 2 aromatic rings. The van der Waals surface area contributed by atoms with Crippen molar-refractivity contribution in [3.63, 3.8) is 0 Å². The first-order valence-electron chi connectivity index (χ1n) is 13.5. The molecule has 3 N–H and O–H groups in total. The van der Waals surface area contributed by atoms with Gasteiger partial charge in [0, 0.05) is 13.5 Å². The number of rotatable bonds is 9. The minimum absolute atomic E-state index is 0.0255. The highest BCUT2D eigenvalue weighted by Crippen LogP contribution is 2.26. The van der Waals surface area contributed by atoms with Crippen LogP contribution in [0.4, 0.5) is 4.79 Å². The summed E-state index contributed by atoms with van der Waals surface area (Å²) in [5.41, 5.74) is 0.148. The molecule has 0 aliphatic carbocycles. The van der Waals surface area contributed by atoms with Gasteiger partial charge in [0.15, 0.2) is 0 Å². The van der Waals surface area contributed by atoms with Crippen molar-refractivity contribution in [3.05, 3.63) is 65.2 Å². The van der Waals surface area contributed by atoms with Crippen molar-refractivity contribution in [2.75, 3.05) is 7.05 Å². The summed E-state index contributed by atoms with van der Waals surface area (Å²) in [5, 5.41) is 15.4. The number of alkyl carbamates (subject to hydrolysis) is 1. The fourth-order valence-electron chi connectivity index (χ4n) is 4.05. The monoisotopic (exact) mass is 569 g/mol. The molecule has 10 heteroatoms. The quantitative estimate of drug-likeness (QED) is 0.386. The van der Waals surface area contributed by atoms with Crippen LogP contribution in [0, 0.1) is 6.92 Å². The van der Waals surface area contributed by atoms with Crippen LogP contribution in [0.25, 0.3) is 0 Å². The van der Waals surface area contributed by atoms with Crippen LogP contribution in [0.1, 0.15) is 71.2 Å². The minimum Gasteiger partial charge on any atom is -0.508 e. The summed E-state index contributed by atoms with van der Waals surface area (Å²) in [6, 6.07) is 10.4. The largest absolute Gasteiger partial charge is 0.508 e. The van der Waals surface area contributed by atoms with E-state index < -0.39 is 53.2 Å². The molecule has 10 nitrogen and oxygen atoms in total. The van der Waals surface area contributed by atoms with Gasteiger partial charge in [0.1, 0.15) is 35.1 Å². The topological polar surface area (TPSA) is 134 Å². The predicted octanol–water partition coefficient (Wildman–Crippen LogP) is 4.18. The lowest BCUT2D eigenvalue weighted by atomic mass is 9.99. The number of hydrogen-bond donors (Lipinski definition) is 3. The molecule has 0 saturated carbocycles. The Balaban J connectivity index is 2.42. The third-order valence-electron chi connectivity index (χ3n) is 5.91. The first-order chi connectivity index (χ1) is 18.9. The second-order valence-corrected chi connectivity index (χ2v) is 12.0. The van der Waals surface area contributed by atoms with Crippen molar-refractivity contribution in [1.82, 2.24) is 15.5 Å². The van der Waals surface area contributed by atoms with Gasteiger partial charge in [-0.1, -0.05) is 36.4 Å².